The first-order valence-electron chi connectivity index (χ1n) is 4.72. The van der Waals surface area contributed by atoms with Crippen molar-refractivity contribution >= 4 is 28.8 Å². The monoisotopic (exact) mass is 216 g/mol. The van der Waals surface area contributed by atoms with Crippen molar-refractivity contribution in [1.29, 1.82) is 0 Å². The number of nitrogens with zero attached hydrogens (tertiary/aromatic N) is 1. The zero-order chi connectivity index (χ0) is 9.10. The molecule has 0 atom stereocenters. The Morgan fingerprint density at radius 3 is 2.77 bits per heavy atom. The fraction of sp³-hybridized carbons (Fsp3) is 0.667. The van der Waals surface area contributed by atoms with Crippen LogP contribution in [0, 0.1) is 0 Å². The van der Waals surface area contributed by atoms with Gasteiger partial charge in [-0.2, -0.15) is 0 Å². The van der Waals surface area contributed by atoms with Crippen LogP contribution in [0.25, 0.3) is 0 Å². The van der Waals surface area contributed by atoms with E-state index in [1.165, 1.54) is 43.4 Å². The highest BCUT2D eigenvalue weighted by Gasteiger charge is 2.13. The largest absolute Gasteiger partial charge is 0.367 e. The van der Waals surface area contributed by atoms with Crippen LogP contribution in [0.1, 0.15) is 32.1 Å². The number of anilines is 1. The van der Waals surface area contributed by atoms with E-state index < -0.39 is 0 Å². The molecule has 1 fully saturated rings. The summed E-state index contributed by atoms with van der Waals surface area (Å²) in [5.74, 6) is 0.946. The maximum Gasteiger partial charge on any atom is 0.185 e. The molecule has 1 aliphatic rings. The molecule has 1 aromatic rings. The molecular weight excluding hydrogens is 204 g/mol. The second-order valence-corrected chi connectivity index (χ2v) is 4.91. The van der Waals surface area contributed by atoms with Crippen molar-refractivity contribution in [1.82, 2.24) is 4.98 Å². The molecule has 0 radical (unpaired) electrons. The van der Waals surface area contributed by atoms with E-state index >= 15 is 0 Å². The van der Waals surface area contributed by atoms with Crippen molar-refractivity contribution < 1.29 is 0 Å². The van der Waals surface area contributed by atoms with Crippen LogP contribution in [0.15, 0.2) is 5.38 Å². The van der Waals surface area contributed by atoms with Crippen LogP contribution in [0.5, 0.6) is 0 Å². The molecule has 1 N–H and O–H groups in total. The van der Waals surface area contributed by atoms with Gasteiger partial charge in [0.2, 0.25) is 0 Å². The number of rotatable bonds is 2. The fourth-order valence-corrected chi connectivity index (χ4v) is 2.48. The number of thiazole rings is 1. The van der Waals surface area contributed by atoms with E-state index in [0.29, 0.717) is 10.5 Å². The highest BCUT2D eigenvalue weighted by Crippen LogP contribution is 2.24. The van der Waals surface area contributed by atoms with Crippen LogP contribution in [0.4, 0.5) is 5.82 Å². The zero-order valence-corrected chi connectivity index (χ0v) is 9.00. The third-order valence-electron chi connectivity index (χ3n) is 2.43. The number of aromatic nitrogens is 1. The van der Waals surface area contributed by atoms with Gasteiger partial charge in [-0.1, -0.05) is 30.9 Å². The van der Waals surface area contributed by atoms with E-state index in [1.807, 2.05) is 5.38 Å². The van der Waals surface area contributed by atoms with Gasteiger partial charge in [-0.25, -0.2) is 4.98 Å². The first kappa shape index (κ1) is 9.28. The Morgan fingerprint density at radius 2 is 2.15 bits per heavy atom. The minimum atomic E-state index is 0.618. The number of hydrogen-bond donors (Lipinski definition) is 1. The quantitative estimate of drug-likeness (QED) is 0.818. The summed E-state index contributed by atoms with van der Waals surface area (Å²) in [6.45, 7) is 0. The SMILES string of the molecule is Clc1nc(NC2CCCCC2)cs1. The van der Waals surface area contributed by atoms with Crippen molar-refractivity contribution in [3.8, 4) is 0 Å². The van der Waals surface area contributed by atoms with Crippen LogP contribution < -0.4 is 5.32 Å². The lowest BCUT2D eigenvalue weighted by Crippen LogP contribution is -2.22. The van der Waals surface area contributed by atoms with Gasteiger partial charge in [0.25, 0.3) is 0 Å². The second kappa shape index (κ2) is 4.29. The Kier molecular flexibility index (Phi) is 3.06. The summed E-state index contributed by atoms with van der Waals surface area (Å²) in [7, 11) is 0. The van der Waals surface area contributed by atoms with Gasteiger partial charge in [-0.05, 0) is 12.8 Å². The van der Waals surface area contributed by atoms with Gasteiger partial charge in [-0.15, -0.1) is 11.3 Å². The van der Waals surface area contributed by atoms with Crippen LogP contribution in [0.2, 0.25) is 4.47 Å². The molecule has 4 heteroatoms. The topological polar surface area (TPSA) is 24.9 Å². The standard InChI is InChI=1S/C9H13ClN2S/c10-9-12-8(6-13-9)11-7-4-2-1-3-5-7/h6-7,11H,1-5H2. The lowest BCUT2D eigenvalue weighted by atomic mass is 9.96. The van der Waals surface area contributed by atoms with E-state index in [4.69, 9.17) is 11.6 Å². The van der Waals surface area contributed by atoms with Crippen molar-refractivity contribution in [3.63, 3.8) is 0 Å². The van der Waals surface area contributed by atoms with E-state index in [1.54, 1.807) is 0 Å². The molecule has 0 aromatic carbocycles. The number of halogens is 1. The molecule has 0 saturated heterocycles. The van der Waals surface area contributed by atoms with Crippen molar-refractivity contribution in [2.45, 2.75) is 38.1 Å². The molecule has 0 bridgehead atoms. The molecule has 1 aliphatic carbocycles. The van der Waals surface area contributed by atoms with Crippen LogP contribution in [0.3, 0.4) is 0 Å². The van der Waals surface area contributed by atoms with Gasteiger partial charge in [0, 0.05) is 11.4 Å². The maximum absolute atomic E-state index is 5.75. The Labute approximate surface area is 87.3 Å². The Hall–Kier alpha value is -0.280. The minimum Gasteiger partial charge on any atom is -0.367 e. The van der Waals surface area contributed by atoms with Crippen LogP contribution >= 0.6 is 22.9 Å². The summed E-state index contributed by atoms with van der Waals surface area (Å²) in [6, 6.07) is 0.618. The normalized spacial score (nSPS) is 18.8. The number of hydrogen-bond acceptors (Lipinski definition) is 3. The van der Waals surface area contributed by atoms with Gasteiger partial charge in [0.1, 0.15) is 5.82 Å². The first-order valence-corrected chi connectivity index (χ1v) is 5.98. The van der Waals surface area contributed by atoms with Crippen molar-refractivity contribution in [2.75, 3.05) is 5.32 Å². The summed E-state index contributed by atoms with van der Waals surface area (Å²) < 4.78 is 0.623. The lowest BCUT2D eigenvalue weighted by molar-refractivity contribution is 0.462. The molecule has 0 amide bonds. The molecule has 1 aromatic heterocycles. The van der Waals surface area contributed by atoms with Crippen LogP contribution in [-0.4, -0.2) is 11.0 Å². The highest BCUT2D eigenvalue weighted by atomic mass is 35.5. The predicted octanol–water partition coefficient (Wildman–Crippen LogP) is 3.54. The third kappa shape index (κ3) is 2.58. The summed E-state index contributed by atoms with van der Waals surface area (Å²) in [5, 5.41) is 5.40. The molecule has 2 rings (SSSR count). The van der Waals surface area contributed by atoms with E-state index in [2.05, 4.69) is 10.3 Å². The molecule has 1 saturated carbocycles. The molecule has 1 heterocycles. The molecule has 2 nitrogen and oxygen atoms in total. The van der Waals surface area contributed by atoms with Gasteiger partial charge in [-0.3, -0.25) is 0 Å². The average Bonchev–Trinajstić information content (AvgIpc) is 2.53. The zero-order valence-electron chi connectivity index (χ0n) is 7.42. The summed E-state index contributed by atoms with van der Waals surface area (Å²) in [4.78, 5) is 4.18. The third-order valence-corrected chi connectivity index (χ3v) is 3.41. The maximum atomic E-state index is 5.75. The molecule has 72 valence electrons. The van der Waals surface area contributed by atoms with Gasteiger partial charge in [0.05, 0.1) is 0 Å². The predicted molar refractivity (Wildman–Crippen MR) is 57.6 cm³/mol. The highest BCUT2D eigenvalue weighted by molar-refractivity contribution is 7.14. The fourth-order valence-electron chi connectivity index (χ4n) is 1.77. The molecule has 0 aliphatic heterocycles. The first-order chi connectivity index (χ1) is 6.34. The Balaban J connectivity index is 1.89. The van der Waals surface area contributed by atoms with Crippen molar-refractivity contribution in [3.05, 3.63) is 9.85 Å². The van der Waals surface area contributed by atoms with Gasteiger partial charge < -0.3 is 5.32 Å². The van der Waals surface area contributed by atoms with Gasteiger partial charge in [0.15, 0.2) is 4.47 Å². The van der Waals surface area contributed by atoms with Crippen molar-refractivity contribution in [2.24, 2.45) is 0 Å². The summed E-state index contributed by atoms with van der Waals surface area (Å²) in [6.07, 6.45) is 6.62. The second-order valence-electron chi connectivity index (χ2n) is 3.46. The minimum absolute atomic E-state index is 0.618. The summed E-state index contributed by atoms with van der Waals surface area (Å²) >= 11 is 7.23. The van der Waals surface area contributed by atoms with E-state index in [0.717, 1.165) is 5.82 Å². The molecular formula is C9H13ClN2S. The Morgan fingerprint density at radius 1 is 1.38 bits per heavy atom. The average molecular weight is 217 g/mol. The van der Waals surface area contributed by atoms with E-state index in [-0.39, 0.29) is 0 Å². The van der Waals surface area contributed by atoms with Gasteiger partial charge >= 0.3 is 0 Å². The summed E-state index contributed by atoms with van der Waals surface area (Å²) in [5.41, 5.74) is 0. The Bertz CT molecular complexity index is 268. The molecule has 0 spiro atoms. The van der Waals surface area contributed by atoms with Crippen LogP contribution in [-0.2, 0) is 0 Å². The molecule has 13 heavy (non-hydrogen) atoms. The lowest BCUT2D eigenvalue weighted by Gasteiger charge is -2.22. The number of nitrogens with one attached hydrogen (secondary N) is 1. The molecule has 0 unspecified atom stereocenters. The van der Waals surface area contributed by atoms with E-state index in [9.17, 15) is 0 Å². The smallest absolute Gasteiger partial charge is 0.185 e.